The van der Waals surface area contributed by atoms with Crippen LogP contribution >= 0.6 is 28.6 Å². The number of carbonyl (C=O) groups excluding carboxylic acids is 1. The van der Waals surface area contributed by atoms with Crippen LogP contribution in [-0.4, -0.2) is 11.7 Å². The first-order valence-electron chi connectivity index (χ1n) is 4.29. The first-order valence-corrected chi connectivity index (χ1v) is 5.72. The highest BCUT2D eigenvalue weighted by Gasteiger charge is 2.01. The van der Waals surface area contributed by atoms with Gasteiger partial charge in [-0.15, -0.1) is 0 Å². The molecule has 0 saturated heterocycles. The molecule has 0 spiro atoms. The third-order valence-corrected chi connectivity index (χ3v) is 2.35. The summed E-state index contributed by atoms with van der Waals surface area (Å²) < 4.78 is 0.971. The lowest BCUT2D eigenvalue weighted by Crippen LogP contribution is -2.11. The SMILES string of the molecule is Cc1cc(Br)cc(NC(=O)CCS)c1. The second-order valence-corrected chi connectivity index (χ2v) is 4.40. The highest BCUT2D eigenvalue weighted by Crippen LogP contribution is 2.19. The Morgan fingerprint density at radius 3 is 2.79 bits per heavy atom. The normalized spacial score (nSPS) is 9.93. The van der Waals surface area contributed by atoms with E-state index in [0.29, 0.717) is 12.2 Å². The highest BCUT2D eigenvalue weighted by atomic mass is 79.9. The molecule has 4 heteroatoms. The van der Waals surface area contributed by atoms with Crippen molar-refractivity contribution in [1.29, 1.82) is 0 Å². The lowest BCUT2D eigenvalue weighted by molar-refractivity contribution is -0.115. The Morgan fingerprint density at radius 2 is 2.21 bits per heavy atom. The fourth-order valence-electron chi connectivity index (χ4n) is 1.13. The molecule has 2 nitrogen and oxygen atoms in total. The van der Waals surface area contributed by atoms with Gasteiger partial charge in [-0.05, 0) is 36.4 Å². The van der Waals surface area contributed by atoms with Crippen molar-refractivity contribution in [2.75, 3.05) is 11.1 Å². The summed E-state index contributed by atoms with van der Waals surface area (Å²) in [4.78, 5) is 11.3. The van der Waals surface area contributed by atoms with Gasteiger partial charge in [-0.25, -0.2) is 0 Å². The third kappa shape index (κ3) is 3.72. The van der Waals surface area contributed by atoms with Gasteiger partial charge in [-0.2, -0.15) is 12.6 Å². The molecule has 0 saturated carbocycles. The number of aryl methyl sites for hydroxylation is 1. The van der Waals surface area contributed by atoms with Crippen LogP contribution in [-0.2, 0) is 4.79 Å². The summed E-state index contributed by atoms with van der Waals surface area (Å²) in [5.74, 6) is 0.566. The molecule has 1 amide bonds. The minimum Gasteiger partial charge on any atom is -0.326 e. The van der Waals surface area contributed by atoms with Crippen molar-refractivity contribution in [2.45, 2.75) is 13.3 Å². The van der Waals surface area contributed by atoms with E-state index in [1.54, 1.807) is 0 Å². The molecule has 0 aliphatic rings. The predicted molar refractivity (Wildman–Crippen MR) is 66.0 cm³/mol. The second kappa shape index (κ2) is 5.41. The van der Waals surface area contributed by atoms with Gasteiger partial charge in [0.15, 0.2) is 0 Å². The van der Waals surface area contributed by atoms with Crippen LogP contribution in [0.1, 0.15) is 12.0 Å². The number of carbonyl (C=O) groups is 1. The van der Waals surface area contributed by atoms with Crippen LogP contribution < -0.4 is 5.32 Å². The summed E-state index contributed by atoms with van der Waals surface area (Å²) >= 11 is 7.37. The van der Waals surface area contributed by atoms with Crippen molar-refractivity contribution in [3.05, 3.63) is 28.2 Å². The fraction of sp³-hybridized carbons (Fsp3) is 0.300. The minimum atomic E-state index is -0.00231. The lowest BCUT2D eigenvalue weighted by atomic mass is 10.2. The van der Waals surface area contributed by atoms with Crippen molar-refractivity contribution in [3.63, 3.8) is 0 Å². The molecule has 1 rings (SSSR count). The maximum atomic E-state index is 11.3. The van der Waals surface area contributed by atoms with Crippen LogP contribution in [0.2, 0.25) is 0 Å². The van der Waals surface area contributed by atoms with Crippen molar-refractivity contribution in [2.24, 2.45) is 0 Å². The Hall–Kier alpha value is -0.480. The Labute approximate surface area is 97.6 Å². The van der Waals surface area contributed by atoms with Crippen LogP contribution in [0.25, 0.3) is 0 Å². The lowest BCUT2D eigenvalue weighted by Gasteiger charge is -2.05. The monoisotopic (exact) mass is 273 g/mol. The van der Waals surface area contributed by atoms with E-state index in [4.69, 9.17) is 0 Å². The molecule has 0 aliphatic heterocycles. The van der Waals surface area contributed by atoms with Gasteiger partial charge in [0.2, 0.25) is 5.91 Å². The van der Waals surface area contributed by atoms with Crippen LogP contribution in [0.4, 0.5) is 5.69 Å². The maximum absolute atomic E-state index is 11.3. The van der Waals surface area contributed by atoms with E-state index in [-0.39, 0.29) is 5.91 Å². The molecule has 1 aromatic carbocycles. The number of amides is 1. The molecule has 0 heterocycles. The fourth-order valence-corrected chi connectivity index (χ4v) is 1.94. The molecule has 0 atom stereocenters. The maximum Gasteiger partial charge on any atom is 0.225 e. The molecule has 0 radical (unpaired) electrons. The number of hydrogen-bond acceptors (Lipinski definition) is 2. The van der Waals surface area contributed by atoms with E-state index in [9.17, 15) is 4.79 Å². The smallest absolute Gasteiger partial charge is 0.225 e. The molecule has 1 N–H and O–H groups in total. The van der Waals surface area contributed by atoms with Crippen LogP contribution in [0.15, 0.2) is 22.7 Å². The summed E-state index contributed by atoms with van der Waals surface area (Å²) in [6.07, 6.45) is 0.439. The second-order valence-electron chi connectivity index (χ2n) is 3.04. The quantitative estimate of drug-likeness (QED) is 0.815. The number of benzene rings is 1. The molecule has 0 unspecified atom stereocenters. The van der Waals surface area contributed by atoms with Crippen molar-refractivity contribution >= 4 is 40.2 Å². The zero-order valence-electron chi connectivity index (χ0n) is 7.88. The van der Waals surface area contributed by atoms with Gasteiger partial charge >= 0.3 is 0 Å². The van der Waals surface area contributed by atoms with Crippen molar-refractivity contribution in [1.82, 2.24) is 0 Å². The Bertz CT molecular complexity index is 321. The first-order chi connectivity index (χ1) is 6.61. The summed E-state index contributed by atoms with van der Waals surface area (Å²) in [7, 11) is 0. The van der Waals surface area contributed by atoms with Gasteiger partial charge in [-0.3, -0.25) is 4.79 Å². The molecule has 14 heavy (non-hydrogen) atoms. The summed E-state index contributed by atoms with van der Waals surface area (Å²) in [6, 6.07) is 5.80. The number of halogens is 1. The predicted octanol–water partition coefficient (Wildman–Crippen LogP) is 3.02. The van der Waals surface area contributed by atoms with Gasteiger partial charge in [0, 0.05) is 16.6 Å². The van der Waals surface area contributed by atoms with Crippen molar-refractivity contribution < 1.29 is 4.79 Å². The van der Waals surface area contributed by atoms with E-state index >= 15 is 0 Å². The topological polar surface area (TPSA) is 29.1 Å². The van der Waals surface area contributed by atoms with Crippen LogP contribution in [0.3, 0.4) is 0 Å². The molecule has 0 aromatic heterocycles. The third-order valence-electron chi connectivity index (χ3n) is 1.66. The zero-order valence-corrected chi connectivity index (χ0v) is 10.4. The zero-order chi connectivity index (χ0) is 10.6. The van der Waals surface area contributed by atoms with Crippen LogP contribution in [0, 0.1) is 6.92 Å². The van der Waals surface area contributed by atoms with Crippen molar-refractivity contribution in [3.8, 4) is 0 Å². The van der Waals surface area contributed by atoms with Crippen LogP contribution in [0.5, 0.6) is 0 Å². The standard InChI is InChI=1S/C10H12BrNOS/c1-7-4-8(11)6-9(5-7)12-10(13)2-3-14/h4-6,14H,2-3H2,1H3,(H,12,13). The Kier molecular flexibility index (Phi) is 4.48. The van der Waals surface area contributed by atoms with E-state index in [0.717, 1.165) is 15.7 Å². The largest absolute Gasteiger partial charge is 0.326 e. The average Bonchev–Trinajstić information content (AvgIpc) is 2.01. The minimum absolute atomic E-state index is 0.00231. The Morgan fingerprint density at radius 1 is 1.50 bits per heavy atom. The summed E-state index contributed by atoms with van der Waals surface area (Å²) in [5.41, 5.74) is 1.93. The molecule has 0 fully saturated rings. The summed E-state index contributed by atoms with van der Waals surface area (Å²) in [6.45, 7) is 1.99. The Balaban J connectivity index is 2.71. The van der Waals surface area contributed by atoms with Gasteiger partial charge in [0.05, 0.1) is 0 Å². The number of thiol groups is 1. The molecule has 0 aliphatic carbocycles. The number of nitrogens with one attached hydrogen (secondary N) is 1. The number of hydrogen-bond donors (Lipinski definition) is 2. The first kappa shape index (κ1) is 11.6. The highest BCUT2D eigenvalue weighted by molar-refractivity contribution is 9.10. The molecular formula is C10H12BrNOS. The van der Waals surface area contributed by atoms with E-state index in [1.165, 1.54) is 0 Å². The average molecular weight is 274 g/mol. The van der Waals surface area contributed by atoms with E-state index in [1.807, 2.05) is 25.1 Å². The summed E-state index contributed by atoms with van der Waals surface area (Å²) in [5, 5.41) is 2.81. The molecule has 0 bridgehead atoms. The number of anilines is 1. The van der Waals surface area contributed by atoms with E-state index < -0.39 is 0 Å². The molecular weight excluding hydrogens is 262 g/mol. The molecule has 76 valence electrons. The van der Waals surface area contributed by atoms with Gasteiger partial charge in [0.25, 0.3) is 0 Å². The number of rotatable bonds is 3. The van der Waals surface area contributed by atoms with E-state index in [2.05, 4.69) is 33.9 Å². The molecule has 1 aromatic rings. The van der Waals surface area contributed by atoms with Gasteiger partial charge in [0.1, 0.15) is 0 Å². The van der Waals surface area contributed by atoms with Gasteiger partial charge in [-0.1, -0.05) is 15.9 Å². The van der Waals surface area contributed by atoms with Gasteiger partial charge < -0.3 is 5.32 Å².